The molecule has 2 aromatic rings. The molecule has 5 atom stereocenters. The number of benzene rings is 2. The summed E-state index contributed by atoms with van der Waals surface area (Å²) in [7, 11) is -2.01. The van der Waals surface area contributed by atoms with Crippen LogP contribution in [-0.4, -0.2) is 67.1 Å². The van der Waals surface area contributed by atoms with Crippen LogP contribution in [-0.2, 0) is 31.7 Å². The number of esters is 1. The van der Waals surface area contributed by atoms with E-state index in [0.717, 1.165) is 0 Å². The van der Waals surface area contributed by atoms with E-state index in [-0.39, 0.29) is 39.3 Å². The molecule has 1 N–H and O–H groups in total. The Morgan fingerprint density at radius 2 is 1.77 bits per heavy atom. The summed E-state index contributed by atoms with van der Waals surface area (Å²) < 4.78 is 19.7. The smallest absolute Gasteiger partial charge is 0.356 e. The highest BCUT2D eigenvalue weighted by molar-refractivity contribution is 7.89. The molecule has 0 aliphatic carbocycles. The first-order valence-corrected chi connectivity index (χ1v) is 14.1. The number of hydrogen-bond donors (Lipinski definition) is 1. The van der Waals surface area contributed by atoms with E-state index in [4.69, 9.17) is 4.74 Å². The first-order valence-electron chi connectivity index (χ1n) is 13.0. The monoisotopic (exact) mass is 569 g/mol. The fraction of sp³-hybridized carbons (Fsp3) is 0.393. The van der Waals surface area contributed by atoms with Gasteiger partial charge in [0.25, 0.3) is 11.6 Å². The molecule has 212 valence electrons. The number of non-ortho nitro benzene ring substituents is 1. The van der Waals surface area contributed by atoms with Gasteiger partial charge in [-0.05, 0) is 50.6 Å². The number of aliphatic hydroxyl groups is 1. The van der Waals surface area contributed by atoms with Crippen molar-refractivity contribution in [2.24, 2.45) is 11.8 Å². The molecule has 11 nitrogen and oxygen atoms in total. The third-order valence-corrected chi connectivity index (χ3v) is 9.11. The molecular formula is C28H31N3O8S. The Morgan fingerprint density at radius 3 is 2.35 bits per heavy atom. The van der Waals surface area contributed by atoms with Crippen LogP contribution in [0.4, 0.5) is 5.69 Å². The second-order valence-corrected chi connectivity index (χ2v) is 11.1. The number of carbonyl (C=O) groups excluding carboxylic acids is 3. The zero-order valence-electron chi connectivity index (χ0n) is 22.6. The molecule has 2 aliphatic heterocycles. The van der Waals surface area contributed by atoms with Gasteiger partial charge in [-0.1, -0.05) is 19.1 Å². The van der Waals surface area contributed by atoms with Gasteiger partial charge in [0.2, 0.25) is 5.91 Å². The van der Waals surface area contributed by atoms with Gasteiger partial charge in [-0.3, -0.25) is 19.7 Å². The molecule has 2 aliphatic rings. The van der Waals surface area contributed by atoms with Gasteiger partial charge in [0.15, 0.2) is 0 Å². The molecule has 1 fully saturated rings. The summed E-state index contributed by atoms with van der Waals surface area (Å²) in [6.45, 7) is 7.58. The molecule has 2 aromatic carbocycles. The standard InChI is InChI=1S/C28H31N3O8S/c1-5-29(6-2)26(33)20-9-7-8-10-21(20)40(38)25-16(3)23-22(17(4)32)27(34)30(23)24(25)28(35)39-15-18-11-13-19(14-12-18)31(36)37/h7-14,16-17,22-23,32H,5-6,15H2,1-4H3/t16-,17-,22-,23-,40?/m1/s1. The van der Waals surface area contributed by atoms with Crippen molar-refractivity contribution in [2.45, 2.75) is 51.3 Å². The van der Waals surface area contributed by atoms with E-state index in [1.807, 2.05) is 13.8 Å². The lowest BCUT2D eigenvalue weighted by molar-refractivity contribution is -0.384. The summed E-state index contributed by atoms with van der Waals surface area (Å²) >= 11 is 0. The molecule has 40 heavy (non-hydrogen) atoms. The summed E-state index contributed by atoms with van der Waals surface area (Å²) in [5.74, 6) is -3.02. The molecular weight excluding hydrogens is 538 g/mol. The molecule has 0 spiro atoms. The average molecular weight is 570 g/mol. The van der Waals surface area contributed by atoms with Gasteiger partial charge in [0.05, 0.1) is 49.2 Å². The summed E-state index contributed by atoms with van der Waals surface area (Å²) in [6, 6.07) is 11.3. The van der Waals surface area contributed by atoms with Crippen LogP contribution in [0.3, 0.4) is 0 Å². The molecule has 12 heteroatoms. The van der Waals surface area contributed by atoms with Crippen molar-refractivity contribution in [3.8, 4) is 0 Å². The van der Waals surface area contributed by atoms with E-state index in [9.17, 15) is 33.8 Å². The number of aliphatic hydroxyl groups excluding tert-OH is 1. The van der Waals surface area contributed by atoms with E-state index in [1.165, 1.54) is 36.1 Å². The number of amides is 2. The number of carbonyl (C=O) groups is 3. The van der Waals surface area contributed by atoms with Crippen LogP contribution in [0, 0.1) is 22.0 Å². The van der Waals surface area contributed by atoms with E-state index < -0.39 is 51.6 Å². The lowest BCUT2D eigenvalue weighted by Gasteiger charge is -2.46. The average Bonchev–Trinajstić information content (AvgIpc) is 3.20. The van der Waals surface area contributed by atoms with E-state index in [2.05, 4.69) is 0 Å². The van der Waals surface area contributed by atoms with Gasteiger partial charge in [0.1, 0.15) is 12.3 Å². The SMILES string of the molecule is CCN(CC)C(=O)c1ccccc1S(=O)C1=C(C(=O)OCc2ccc([N+](=O)[O-])cc2)N2C(=O)[C@H]([C@@H](C)O)[C@H]2[C@H]1C. The normalized spacial score (nSPS) is 21.4. The molecule has 0 bridgehead atoms. The summed E-state index contributed by atoms with van der Waals surface area (Å²) in [5.41, 5.74) is 0.438. The van der Waals surface area contributed by atoms with Crippen molar-refractivity contribution in [3.05, 3.63) is 80.4 Å². The van der Waals surface area contributed by atoms with E-state index in [0.29, 0.717) is 18.7 Å². The van der Waals surface area contributed by atoms with Crippen molar-refractivity contribution in [2.75, 3.05) is 13.1 Å². The third kappa shape index (κ3) is 5.04. The van der Waals surface area contributed by atoms with Crippen LogP contribution in [0.1, 0.15) is 43.6 Å². The molecule has 2 heterocycles. The Balaban J connectivity index is 1.72. The number of β-lactam (4-membered cyclic amide) rings is 1. The number of hydrogen-bond acceptors (Lipinski definition) is 8. The van der Waals surface area contributed by atoms with Gasteiger partial charge in [-0.25, -0.2) is 9.00 Å². The highest BCUT2D eigenvalue weighted by Crippen LogP contribution is 2.49. The summed E-state index contributed by atoms with van der Waals surface area (Å²) in [4.78, 5) is 53.4. The number of ether oxygens (including phenoxy) is 1. The van der Waals surface area contributed by atoms with Crippen LogP contribution in [0.15, 0.2) is 64.0 Å². The molecule has 1 unspecified atom stereocenters. The van der Waals surface area contributed by atoms with Crippen LogP contribution < -0.4 is 0 Å². The van der Waals surface area contributed by atoms with Crippen molar-refractivity contribution >= 4 is 34.3 Å². The lowest BCUT2D eigenvalue weighted by Crippen LogP contribution is -2.63. The summed E-state index contributed by atoms with van der Waals surface area (Å²) in [6.07, 6.45) is -0.988. The second-order valence-electron chi connectivity index (χ2n) is 9.71. The number of nitro benzene ring substituents is 1. The second kappa shape index (κ2) is 11.7. The predicted octanol–water partition coefficient (Wildman–Crippen LogP) is 3.00. The molecule has 4 rings (SSSR count). The highest BCUT2D eigenvalue weighted by Gasteiger charge is 2.61. The Kier molecular flexibility index (Phi) is 8.50. The molecule has 2 amide bonds. The van der Waals surface area contributed by atoms with Gasteiger partial charge < -0.3 is 19.6 Å². The Bertz CT molecular complexity index is 1400. The van der Waals surface area contributed by atoms with Crippen LogP contribution in [0.25, 0.3) is 0 Å². The highest BCUT2D eigenvalue weighted by atomic mass is 32.2. The molecule has 0 saturated carbocycles. The minimum absolute atomic E-state index is 0.115. The van der Waals surface area contributed by atoms with E-state index >= 15 is 0 Å². The van der Waals surface area contributed by atoms with Gasteiger partial charge in [-0.15, -0.1) is 0 Å². The summed E-state index contributed by atoms with van der Waals surface area (Å²) in [5, 5.41) is 21.2. The van der Waals surface area contributed by atoms with Crippen molar-refractivity contribution in [3.63, 3.8) is 0 Å². The third-order valence-electron chi connectivity index (χ3n) is 7.39. The van der Waals surface area contributed by atoms with Crippen LogP contribution in [0.2, 0.25) is 0 Å². The maximum atomic E-state index is 14.2. The maximum Gasteiger partial charge on any atom is 0.356 e. The Hall–Kier alpha value is -3.90. The minimum atomic E-state index is -2.01. The minimum Gasteiger partial charge on any atom is -0.456 e. The van der Waals surface area contributed by atoms with Gasteiger partial charge >= 0.3 is 5.97 Å². The largest absolute Gasteiger partial charge is 0.456 e. The van der Waals surface area contributed by atoms with Gasteiger partial charge in [0, 0.05) is 31.1 Å². The zero-order valence-corrected chi connectivity index (χ0v) is 23.4. The molecule has 0 aromatic heterocycles. The maximum absolute atomic E-state index is 14.2. The number of nitro groups is 1. The zero-order chi connectivity index (χ0) is 29.3. The first kappa shape index (κ1) is 29.1. The Labute approximate surface area is 234 Å². The number of fused-ring (bicyclic) bond motifs is 1. The molecule has 0 radical (unpaired) electrons. The van der Waals surface area contributed by atoms with Crippen molar-refractivity contribution in [1.82, 2.24) is 9.80 Å². The lowest BCUT2D eigenvalue weighted by atomic mass is 9.79. The fourth-order valence-electron chi connectivity index (χ4n) is 5.30. The molecule has 1 saturated heterocycles. The van der Waals surface area contributed by atoms with Crippen LogP contribution >= 0.6 is 0 Å². The number of nitrogens with zero attached hydrogens (tertiary/aromatic N) is 3. The van der Waals surface area contributed by atoms with Crippen molar-refractivity contribution in [1.29, 1.82) is 0 Å². The topological polar surface area (TPSA) is 147 Å². The number of rotatable bonds is 10. The van der Waals surface area contributed by atoms with E-state index in [1.54, 1.807) is 36.1 Å². The predicted molar refractivity (Wildman–Crippen MR) is 145 cm³/mol. The first-order chi connectivity index (χ1) is 19.0. The Morgan fingerprint density at radius 1 is 1.15 bits per heavy atom. The van der Waals surface area contributed by atoms with Crippen molar-refractivity contribution < 1.29 is 33.4 Å². The van der Waals surface area contributed by atoms with Gasteiger partial charge in [-0.2, -0.15) is 0 Å². The quantitative estimate of drug-likeness (QED) is 0.199. The fourth-order valence-corrected chi connectivity index (χ4v) is 6.93. The van der Waals surface area contributed by atoms with Crippen LogP contribution in [0.5, 0.6) is 0 Å².